The minimum Gasteiger partial charge on any atom is -0.358 e. The van der Waals surface area contributed by atoms with Crippen molar-refractivity contribution in [2.75, 3.05) is 0 Å². The average molecular weight is 314 g/mol. The third-order valence-corrected chi connectivity index (χ3v) is 5.06. The Morgan fingerprint density at radius 1 is 0.955 bits per heavy atom. The zero-order chi connectivity index (χ0) is 15.7. The molecule has 7 heteroatoms. The summed E-state index contributed by atoms with van der Waals surface area (Å²) in [4.78, 5) is 13.8. The van der Waals surface area contributed by atoms with Crippen molar-refractivity contribution in [3.63, 3.8) is 0 Å². The SMILES string of the molecule is O=[N+]([O-])c1ncc2ccccc2c1S(=O)(=O)c1ccccc1. The van der Waals surface area contributed by atoms with E-state index in [9.17, 15) is 18.5 Å². The molecule has 2 aromatic carbocycles. The summed E-state index contributed by atoms with van der Waals surface area (Å²) in [6.45, 7) is 0. The molecule has 0 amide bonds. The molecule has 0 aliphatic rings. The number of hydrogen-bond acceptors (Lipinski definition) is 5. The van der Waals surface area contributed by atoms with Crippen LogP contribution in [0.4, 0.5) is 5.82 Å². The minimum atomic E-state index is -4.05. The lowest BCUT2D eigenvalue weighted by molar-refractivity contribution is -0.392. The van der Waals surface area contributed by atoms with Crippen LogP contribution in [0.1, 0.15) is 0 Å². The number of fused-ring (bicyclic) bond motifs is 1. The quantitative estimate of drug-likeness (QED) is 0.547. The maximum Gasteiger partial charge on any atom is 0.383 e. The van der Waals surface area contributed by atoms with Crippen molar-refractivity contribution in [3.05, 3.63) is 70.9 Å². The van der Waals surface area contributed by atoms with E-state index < -0.39 is 20.6 Å². The van der Waals surface area contributed by atoms with E-state index in [0.29, 0.717) is 5.39 Å². The Kier molecular flexibility index (Phi) is 3.34. The second kappa shape index (κ2) is 5.19. The van der Waals surface area contributed by atoms with Crippen molar-refractivity contribution in [3.8, 4) is 0 Å². The fourth-order valence-electron chi connectivity index (χ4n) is 2.24. The summed E-state index contributed by atoms with van der Waals surface area (Å²) < 4.78 is 25.7. The number of nitrogens with zero attached hydrogens (tertiary/aromatic N) is 2. The van der Waals surface area contributed by atoms with Crippen LogP contribution in [-0.2, 0) is 9.84 Å². The van der Waals surface area contributed by atoms with Crippen molar-refractivity contribution in [1.29, 1.82) is 0 Å². The molecule has 0 aliphatic heterocycles. The maximum absolute atomic E-state index is 12.8. The summed E-state index contributed by atoms with van der Waals surface area (Å²) in [7, 11) is -4.05. The largest absolute Gasteiger partial charge is 0.383 e. The van der Waals surface area contributed by atoms with Gasteiger partial charge in [0.2, 0.25) is 9.84 Å². The Hall–Kier alpha value is -2.80. The number of nitro groups is 1. The first kappa shape index (κ1) is 14.2. The van der Waals surface area contributed by atoms with Crippen LogP contribution in [-0.4, -0.2) is 18.3 Å². The summed E-state index contributed by atoms with van der Waals surface area (Å²) in [5.74, 6) is -0.664. The lowest BCUT2D eigenvalue weighted by Gasteiger charge is -2.08. The van der Waals surface area contributed by atoms with E-state index in [1.54, 1.807) is 42.5 Å². The summed E-state index contributed by atoms with van der Waals surface area (Å²) >= 11 is 0. The van der Waals surface area contributed by atoms with Crippen LogP contribution in [0, 0.1) is 10.1 Å². The van der Waals surface area contributed by atoms with E-state index in [1.807, 2.05) is 0 Å². The minimum absolute atomic E-state index is 0.00347. The highest BCUT2D eigenvalue weighted by atomic mass is 32.2. The molecule has 0 fully saturated rings. The molecule has 0 radical (unpaired) electrons. The van der Waals surface area contributed by atoms with Gasteiger partial charge in [-0.15, -0.1) is 0 Å². The molecule has 0 spiro atoms. The third-order valence-electron chi connectivity index (χ3n) is 3.23. The number of aromatic nitrogens is 1. The molecule has 0 bridgehead atoms. The number of rotatable bonds is 3. The number of sulfone groups is 1. The molecular weight excluding hydrogens is 304 g/mol. The van der Waals surface area contributed by atoms with Crippen LogP contribution in [0.3, 0.4) is 0 Å². The summed E-state index contributed by atoms with van der Waals surface area (Å²) in [5, 5.41) is 12.0. The van der Waals surface area contributed by atoms with Gasteiger partial charge in [0, 0.05) is 10.8 Å². The van der Waals surface area contributed by atoms with Crippen LogP contribution < -0.4 is 0 Å². The Morgan fingerprint density at radius 3 is 2.27 bits per heavy atom. The van der Waals surface area contributed by atoms with Gasteiger partial charge in [-0.1, -0.05) is 42.5 Å². The molecule has 22 heavy (non-hydrogen) atoms. The summed E-state index contributed by atoms with van der Waals surface area (Å²) in [5.41, 5.74) is 0. The Bertz CT molecular complexity index is 969. The van der Waals surface area contributed by atoms with Crippen LogP contribution in [0.5, 0.6) is 0 Å². The number of pyridine rings is 1. The fraction of sp³-hybridized carbons (Fsp3) is 0. The van der Waals surface area contributed by atoms with Gasteiger partial charge in [0.05, 0.1) is 4.90 Å². The van der Waals surface area contributed by atoms with E-state index in [0.717, 1.165) is 0 Å². The molecule has 0 unspecified atom stereocenters. The number of benzene rings is 2. The first-order chi connectivity index (χ1) is 10.5. The molecular formula is C15H10N2O4S. The fourth-order valence-corrected chi connectivity index (χ4v) is 3.83. The van der Waals surface area contributed by atoms with Crippen molar-refractivity contribution in [2.45, 2.75) is 9.79 Å². The van der Waals surface area contributed by atoms with Gasteiger partial charge in [0.1, 0.15) is 6.20 Å². The van der Waals surface area contributed by atoms with E-state index in [1.165, 1.54) is 18.3 Å². The molecule has 3 aromatic rings. The van der Waals surface area contributed by atoms with E-state index in [-0.39, 0.29) is 15.2 Å². The lowest BCUT2D eigenvalue weighted by Crippen LogP contribution is -2.08. The predicted molar refractivity (Wildman–Crippen MR) is 80.3 cm³/mol. The first-order valence-corrected chi connectivity index (χ1v) is 7.82. The third kappa shape index (κ3) is 2.21. The van der Waals surface area contributed by atoms with Crippen LogP contribution >= 0.6 is 0 Å². The highest BCUT2D eigenvalue weighted by Gasteiger charge is 2.31. The van der Waals surface area contributed by atoms with Gasteiger partial charge >= 0.3 is 5.82 Å². The van der Waals surface area contributed by atoms with Crippen molar-refractivity contribution in [1.82, 2.24) is 4.98 Å². The topological polar surface area (TPSA) is 90.2 Å². The molecule has 6 nitrogen and oxygen atoms in total. The van der Waals surface area contributed by atoms with Gasteiger partial charge in [0.15, 0.2) is 4.90 Å². The highest BCUT2D eigenvalue weighted by Crippen LogP contribution is 2.33. The zero-order valence-electron chi connectivity index (χ0n) is 11.2. The van der Waals surface area contributed by atoms with E-state index in [4.69, 9.17) is 0 Å². The Labute approximate surface area is 126 Å². The smallest absolute Gasteiger partial charge is 0.358 e. The number of hydrogen-bond donors (Lipinski definition) is 0. The molecule has 1 heterocycles. The molecule has 110 valence electrons. The molecule has 0 aliphatic carbocycles. The molecule has 0 saturated heterocycles. The maximum atomic E-state index is 12.8. The molecule has 0 N–H and O–H groups in total. The lowest BCUT2D eigenvalue weighted by atomic mass is 10.2. The molecule has 0 saturated carbocycles. The molecule has 0 atom stereocenters. The van der Waals surface area contributed by atoms with Gasteiger partial charge in [0.25, 0.3) is 0 Å². The average Bonchev–Trinajstić information content (AvgIpc) is 2.54. The van der Waals surface area contributed by atoms with E-state index in [2.05, 4.69) is 4.98 Å². The van der Waals surface area contributed by atoms with Crippen molar-refractivity contribution >= 4 is 26.4 Å². The van der Waals surface area contributed by atoms with Crippen LogP contribution in [0.2, 0.25) is 0 Å². The molecule has 3 rings (SSSR count). The normalized spacial score (nSPS) is 11.5. The van der Waals surface area contributed by atoms with Gasteiger partial charge in [-0.2, -0.15) is 0 Å². The highest BCUT2D eigenvalue weighted by molar-refractivity contribution is 7.91. The summed E-state index contributed by atoms with van der Waals surface area (Å²) in [6.07, 6.45) is 1.30. The predicted octanol–water partition coefficient (Wildman–Crippen LogP) is 2.98. The monoisotopic (exact) mass is 314 g/mol. The molecule has 1 aromatic heterocycles. The van der Waals surface area contributed by atoms with Gasteiger partial charge in [-0.05, 0) is 22.0 Å². The summed E-state index contributed by atoms with van der Waals surface area (Å²) in [6, 6.07) is 14.2. The standard InChI is InChI=1S/C15H10N2O4S/c18-17(19)15-14(13-9-5-4-6-11(13)10-16-15)22(20,21)12-7-2-1-3-8-12/h1-10H. The Morgan fingerprint density at radius 2 is 1.59 bits per heavy atom. The van der Waals surface area contributed by atoms with Gasteiger partial charge in [-0.3, -0.25) is 0 Å². The Balaban J connectivity index is 2.43. The zero-order valence-corrected chi connectivity index (χ0v) is 12.0. The first-order valence-electron chi connectivity index (χ1n) is 6.34. The van der Waals surface area contributed by atoms with Gasteiger partial charge in [-0.25, -0.2) is 8.42 Å². The second-order valence-electron chi connectivity index (χ2n) is 4.57. The van der Waals surface area contributed by atoms with Crippen LogP contribution in [0.25, 0.3) is 10.8 Å². The second-order valence-corrected chi connectivity index (χ2v) is 6.46. The van der Waals surface area contributed by atoms with E-state index >= 15 is 0 Å². The van der Waals surface area contributed by atoms with Gasteiger partial charge < -0.3 is 10.1 Å². The van der Waals surface area contributed by atoms with Crippen LogP contribution in [0.15, 0.2) is 70.6 Å². The van der Waals surface area contributed by atoms with Crippen molar-refractivity contribution in [2.24, 2.45) is 0 Å². The van der Waals surface area contributed by atoms with Crippen molar-refractivity contribution < 1.29 is 13.3 Å².